The van der Waals surface area contributed by atoms with Crippen LogP contribution in [0.25, 0.3) is 0 Å². The summed E-state index contributed by atoms with van der Waals surface area (Å²) in [5, 5.41) is 21.0. The standard InChI is InChI=1S/C18H36N2O6S/c1-19(15-17(21)3-9-25-10-4-17)7-13-27(23,24)14-8-20(2)16-18(22)5-11-26-12-6-18/h21-22H,3-16H2,1-2H3. The third kappa shape index (κ3) is 8.31. The van der Waals surface area contributed by atoms with Gasteiger partial charge in [0, 0.05) is 78.3 Å². The summed E-state index contributed by atoms with van der Waals surface area (Å²) < 4.78 is 35.3. The SMILES string of the molecule is CN(CCS(=O)(=O)CCN(C)CC1(O)CCOCC1)CC1(O)CCOCC1. The molecule has 0 aromatic rings. The Labute approximate surface area is 163 Å². The molecular weight excluding hydrogens is 372 g/mol. The highest BCUT2D eigenvalue weighted by Gasteiger charge is 2.32. The Morgan fingerprint density at radius 3 is 1.44 bits per heavy atom. The summed E-state index contributed by atoms with van der Waals surface area (Å²) in [5.74, 6) is 0.143. The lowest BCUT2D eigenvalue weighted by Gasteiger charge is -2.35. The van der Waals surface area contributed by atoms with Gasteiger partial charge in [0.2, 0.25) is 0 Å². The van der Waals surface area contributed by atoms with Gasteiger partial charge in [-0.2, -0.15) is 0 Å². The van der Waals surface area contributed by atoms with Crippen molar-refractivity contribution in [1.29, 1.82) is 0 Å². The maximum absolute atomic E-state index is 12.4. The molecule has 2 N–H and O–H groups in total. The molecule has 0 aromatic heterocycles. The van der Waals surface area contributed by atoms with Crippen molar-refractivity contribution in [2.75, 3.05) is 78.2 Å². The van der Waals surface area contributed by atoms with E-state index in [1.165, 1.54) is 0 Å². The molecule has 2 fully saturated rings. The van der Waals surface area contributed by atoms with Crippen molar-refractivity contribution in [2.24, 2.45) is 0 Å². The number of sulfone groups is 1. The summed E-state index contributed by atoms with van der Waals surface area (Å²) in [6, 6.07) is 0. The van der Waals surface area contributed by atoms with Gasteiger partial charge in [-0.25, -0.2) is 8.42 Å². The first-order valence-electron chi connectivity index (χ1n) is 9.79. The van der Waals surface area contributed by atoms with Crippen LogP contribution in [0.15, 0.2) is 0 Å². The molecular formula is C18H36N2O6S. The normalized spacial score (nSPS) is 23.0. The number of hydrogen-bond donors (Lipinski definition) is 2. The van der Waals surface area contributed by atoms with Gasteiger partial charge in [0.05, 0.1) is 22.7 Å². The van der Waals surface area contributed by atoms with Crippen LogP contribution in [0.3, 0.4) is 0 Å². The van der Waals surface area contributed by atoms with E-state index in [1.807, 2.05) is 23.9 Å². The molecule has 2 rings (SSSR count). The molecule has 0 aliphatic carbocycles. The lowest BCUT2D eigenvalue weighted by Crippen LogP contribution is -2.47. The van der Waals surface area contributed by atoms with Crippen molar-refractivity contribution in [3.05, 3.63) is 0 Å². The summed E-state index contributed by atoms with van der Waals surface area (Å²) in [7, 11) is 0.497. The van der Waals surface area contributed by atoms with Crippen LogP contribution in [0.2, 0.25) is 0 Å². The number of ether oxygens (including phenoxy) is 2. The van der Waals surface area contributed by atoms with Crippen molar-refractivity contribution >= 4 is 9.84 Å². The molecule has 0 atom stereocenters. The van der Waals surface area contributed by atoms with Crippen LogP contribution in [0.4, 0.5) is 0 Å². The minimum absolute atomic E-state index is 0.0715. The van der Waals surface area contributed by atoms with Gasteiger partial charge in [0.1, 0.15) is 0 Å². The Morgan fingerprint density at radius 2 is 1.11 bits per heavy atom. The highest BCUT2D eigenvalue weighted by atomic mass is 32.2. The second-order valence-corrected chi connectivity index (χ2v) is 10.6. The summed E-state index contributed by atoms with van der Waals surface area (Å²) in [5.41, 5.74) is -1.56. The van der Waals surface area contributed by atoms with Crippen LogP contribution < -0.4 is 0 Å². The Kier molecular flexibility index (Phi) is 8.48. The van der Waals surface area contributed by atoms with Gasteiger partial charge in [-0.1, -0.05) is 0 Å². The van der Waals surface area contributed by atoms with E-state index in [0.717, 1.165) is 0 Å². The van der Waals surface area contributed by atoms with Gasteiger partial charge in [-0.15, -0.1) is 0 Å². The lowest BCUT2D eigenvalue weighted by molar-refractivity contribution is -0.0765. The highest BCUT2D eigenvalue weighted by Crippen LogP contribution is 2.22. The summed E-state index contributed by atoms with van der Waals surface area (Å²) >= 11 is 0. The fourth-order valence-corrected chi connectivity index (χ4v) is 5.06. The number of nitrogens with zero attached hydrogens (tertiary/aromatic N) is 2. The quantitative estimate of drug-likeness (QED) is 0.492. The molecule has 0 saturated carbocycles. The molecule has 0 spiro atoms. The average molecular weight is 409 g/mol. The number of hydrogen-bond acceptors (Lipinski definition) is 8. The maximum Gasteiger partial charge on any atom is 0.152 e. The van der Waals surface area contributed by atoms with E-state index in [2.05, 4.69) is 0 Å². The molecule has 2 aliphatic heterocycles. The molecule has 0 amide bonds. The second-order valence-electron chi connectivity index (χ2n) is 8.30. The first-order valence-corrected chi connectivity index (χ1v) is 11.6. The fourth-order valence-electron chi connectivity index (χ4n) is 3.67. The monoisotopic (exact) mass is 408 g/mol. The van der Waals surface area contributed by atoms with E-state index in [9.17, 15) is 18.6 Å². The van der Waals surface area contributed by atoms with E-state index < -0.39 is 21.0 Å². The lowest BCUT2D eigenvalue weighted by atomic mass is 9.94. The molecule has 0 radical (unpaired) electrons. The molecule has 2 aliphatic rings. The number of aliphatic hydroxyl groups is 2. The zero-order chi connectivity index (χ0) is 20.0. The zero-order valence-electron chi connectivity index (χ0n) is 16.7. The van der Waals surface area contributed by atoms with Gasteiger partial charge in [0.15, 0.2) is 9.84 Å². The Morgan fingerprint density at radius 1 is 0.778 bits per heavy atom. The average Bonchev–Trinajstić information content (AvgIpc) is 2.59. The number of rotatable bonds is 10. The molecule has 0 unspecified atom stereocenters. The summed E-state index contributed by atoms with van der Waals surface area (Å²) in [4.78, 5) is 3.77. The first kappa shape index (κ1) is 23.0. The van der Waals surface area contributed by atoms with E-state index in [-0.39, 0.29) is 11.5 Å². The molecule has 2 heterocycles. The van der Waals surface area contributed by atoms with Crippen molar-refractivity contribution < 1.29 is 28.1 Å². The van der Waals surface area contributed by atoms with Crippen molar-refractivity contribution in [2.45, 2.75) is 36.9 Å². The molecule has 0 bridgehead atoms. The Balaban J connectivity index is 1.69. The minimum atomic E-state index is -3.19. The maximum atomic E-state index is 12.4. The van der Waals surface area contributed by atoms with E-state index in [0.29, 0.717) is 78.3 Å². The predicted molar refractivity (Wildman–Crippen MR) is 104 cm³/mol. The summed E-state index contributed by atoms with van der Waals surface area (Å²) in [6.45, 7) is 3.91. The van der Waals surface area contributed by atoms with Gasteiger partial charge in [-0.05, 0) is 14.1 Å². The smallest absolute Gasteiger partial charge is 0.152 e. The molecule has 2 saturated heterocycles. The van der Waals surface area contributed by atoms with E-state index >= 15 is 0 Å². The highest BCUT2D eigenvalue weighted by molar-refractivity contribution is 7.91. The molecule has 8 nitrogen and oxygen atoms in total. The van der Waals surface area contributed by atoms with Gasteiger partial charge >= 0.3 is 0 Å². The zero-order valence-corrected chi connectivity index (χ0v) is 17.5. The van der Waals surface area contributed by atoms with Crippen molar-refractivity contribution in [3.63, 3.8) is 0 Å². The van der Waals surface area contributed by atoms with E-state index in [1.54, 1.807) is 0 Å². The van der Waals surface area contributed by atoms with Crippen molar-refractivity contribution in [3.8, 4) is 0 Å². The molecule has 160 valence electrons. The van der Waals surface area contributed by atoms with Crippen LogP contribution in [-0.2, 0) is 19.3 Å². The van der Waals surface area contributed by atoms with Crippen LogP contribution in [0.1, 0.15) is 25.7 Å². The third-order valence-corrected chi connectivity index (χ3v) is 7.15. The topological polar surface area (TPSA) is 99.5 Å². The van der Waals surface area contributed by atoms with Crippen LogP contribution in [0.5, 0.6) is 0 Å². The summed E-state index contributed by atoms with van der Waals surface area (Å²) in [6.07, 6.45) is 2.34. The largest absolute Gasteiger partial charge is 0.388 e. The van der Waals surface area contributed by atoms with Gasteiger partial charge < -0.3 is 29.5 Å². The Bertz CT molecular complexity index is 502. The Hall–Kier alpha value is -0.290. The second kappa shape index (κ2) is 9.96. The molecule has 0 aromatic carbocycles. The minimum Gasteiger partial charge on any atom is -0.388 e. The fraction of sp³-hybridized carbons (Fsp3) is 1.00. The number of likely N-dealkylation sites (N-methyl/N-ethyl adjacent to an activating group) is 2. The van der Waals surface area contributed by atoms with Crippen molar-refractivity contribution in [1.82, 2.24) is 9.80 Å². The van der Waals surface area contributed by atoms with Crippen LogP contribution in [0, 0.1) is 0 Å². The third-order valence-electron chi connectivity index (χ3n) is 5.54. The molecule has 27 heavy (non-hydrogen) atoms. The molecule has 9 heteroatoms. The first-order chi connectivity index (χ1) is 12.6. The predicted octanol–water partition coefficient (Wildman–Crippen LogP) is -0.652. The van der Waals surface area contributed by atoms with Gasteiger partial charge in [-0.3, -0.25) is 0 Å². The van der Waals surface area contributed by atoms with Crippen LogP contribution >= 0.6 is 0 Å². The van der Waals surface area contributed by atoms with Gasteiger partial charge in [0.25, 0.3) is 0 Å². The van der Waals surface area contributed by atoms with Crippen LogP contribution in [-0.4, -0.2) is 118 Å². The van der Waals surface area contributed by atoms with E-state index in [4.69, 9.17) is 9.47 Å².